The molecule has 0 radical (unpaired) electrons. The van der Waals surface area contributed by atoms with Crippen molar-refractivity contribution in [2.24, 2.45) is 10.9 Å². The maximum atomic E-state index is 5.18. The number of aromatic nitrogens is 1. The highest BCUT2D eigenvalue weighted by atomic mass is 15.5. The molecule has 0 aromatic carbocycles. The summed E-state index contributed by atoms with van der Waals surface area (Å²) in [6, 6.07) is 5.02. The summed E-state index contributed by atoms with van der Waals surface area (Å²) in [6.07, 6.45) is 9.39. The molecule has 4 fully saturated rings. The normalized spacial score (nSPS) is 31.2. The Morgan fingerprint density at radius 1 is 1.19 bits per heavy atom. The molecular weight excluding hydrogens is 384 g/mol. The van der Waals surface area contributed by atoms with Crippen LogP contribution in [0.2, 0.25) is 0 Å². The predicted octanol–water partition coefficient (Wildman–Crippen LogP) is 3.45. The highest BCUT2D eigenvalue weighted by Crippen LogP contribution is 2.52. The Bertz CT molecular complexity index is 910. The summed E-state index contributed by atoms with van der Waals surface area (Å²) in [4.78, 5) is 17.9. The van der Waals surface area contributed by atoms with Crippen molar-refractivity contribution in [2.45, 2.75) is 64.0 Å². The minimum atomic E-state index is 0.345. The van der Waals surface area contributed by atoms with Gasteiger partial charge in [0.05, 0.1) is 5.70 Å². The number of piperidine rings is 1. The molecular formula is C25H36N6. The molecule has 6 nitrogen and oxygen atoms in total. The molecule has 2 atom stereocenters. The van der Waals surface area contributed by atoms with E-state index in [2.05, 4.69) is 51.0 Å². The molecule has 1 aromatic heterocycles. The average Bonchev–Trinajstić information content (AvgIpc) is 3.73. The van der Waals surface area contributed by atoms with Gasteiger partial charge >= 0.3 is 0 Å². The van der Waals surface area contributed by atoms with Crippen molar-refractivity contribution in [1.29, 1.82) is 0 Å². The van der Waals surface area contributed by atoms with Crippen LogP contribution in [-0.4, -0.2) is 76.5 Å². The summed E-state index contributed by atoms with van der Waals surface area (Å²) in [5.41, 5.74) is 4.57. The van der Waals surface area contributed by atoms with Crippen molar-refractivity contribution in [3.05, 3.63) is 29.5 Å². The van der Waals surface area contributed by atoms with Crippen molar-refractivity contribution in [1.82, 2.24) is 25.0 Å². The van der Waals surface area contributed by atoms with Gasteiger partial charge in [-0.05, 0) is 75.2 Å². The summed E-state index contributed by atoms with van der Waals surface area (Å²) in [5.74, 6) is 2.85. The van der Waals surface area contributed by atoms with Crippen LogP contribution in [0.25, 0.3) is 5.70 Å². The van der Waals surface area contributed by atoms with Gasteiger partial charge < -0.3 is 15.1 Å². The molecule has 2 saturated carbocycles. The number of guanidine groups is 1. The zero-order valence-corrected chi connectivity index (χ0v) is 19.1. The maximum Gasteiger partial charge on any atom is 0.208 e. The number of piperazine rings is 1. The van der Waals surface area contributed by atoms with E-state index >= 15 is 0 Å². The number of pyridine rings is 1. The summed E-state index contributed by atoms with van der Waals surface area (Å²) >= 11 is 0. The van der Waals surface area contributed by atoms with Crippen LogP contribution in [-0.2, 0) is 0 Å². The minimum Gasteiger partial charge on any atom is -0.339 e. The van der Waals surface area contributed by atoms with E-state index in [4.69, 9.17) is 4.99 Å². The fourth-order valence-corrected chi connectivity index (χ4v) is 6.31. The lowest BCUT2D eigenvalue weighted by Gasteiger charge is -2.50. The van der Waals surface area contributed by atoms with Crippen LogP contribution in [0, 0.1) is 5.92 Å². The molecule has 166 valence electrons. The largest absolute Gasteiger partial charge is 0.339 e. The number of nitrogens with zero attached hydrogens (tertiary/aromatic N) is 5. The Kier molecular flexibility index (Phi) is 4.83. The summed E-state index contributed by atoms with van der Waals surface area (Å²) in [6.45, 7) is 11.5. The van der Waals surface area contributed by atoms with Crippen LogP contribution in [0.15, 0.2) is 28.9 Å². The lowest BCUT2D eigenvalue weighted by Crippen LogP contribution is -2.63. The van der Waals surface area contributed by atoms with Gasteiger partial charge in [0.1, 0.15) is 0 Å². The molecule has 6 heteroatoms. The summed E-state index contributed by atoms with van der Waals surface area (Å²) < 4.78 is 0. The summed E-state index contributed by atoms with van der Waals surface area (Å²) in [5, 5.41) is 3.55. The van der Waals surface area contributed by atoms with Crippen LogP contribution in [0.4, 0.5) is 5.82 Å². The van der Waals surface area contributed by atoms with Gasteiger partial charge in [-0.15, -0.1) is 0 Å². The van der Waals surface area contributed by atoms with E-state index in [-0.39, 0.29) is 0 Å². The van der Waals surface area contributed by atoms with E-state index in [1.54, 1.807) is 5.57 Å². The van der Waals surface area contributed by atoms with Crippen molar-refractivity contribution < 1.29 is 0 Å². The van der Waals surface area contributed by atoms with Gasteiger partial charge in [-0.2, -0.15) is 4.99 Å². The molecule has 1 spiro atoms. The van der Waals surface area contributed by atoms with Gasteiger partial charge in [-0.1, -0.05) is 13.8 Å². The highest BCUT2D eigenvalue weighted by molar-refractivity contribution is 5.97. The predicted molar refractivity (Wildman–Crippen MR) is 125 cm³/mol. The summed E-state index contributed by atoms with van der Waals surface area (Å²) in [7, 11) is 0. The van der Waals surface area contributed by atoms with E-state index in [0.717, 1.165) is 56.3 Å². The highest BCUT2D eigenvalue weighted by Gasteiger charge is 2.59. The van der Waals surface area contributed by atoms with Gasteiger partial charge in [-0.3, -0.25) is 4.90 Å². The molecule has 1 N–H and O–H groups in total. The van der Waals surface area contributed by atoms with Gasteiger partial charge in [0, 0.05) is 49.5 Å². The topological polar surface area (TPSA) is 47.0 Å². The van der Waals surface area contributed by atoms with E-state index in [1.807, 2.05) is 6.20 Å². The number of hydrogen-bond donors (Lipinski definition) is 1. The van der Waals surface area contributed by atoms with Crippen molar-refractivity contribution in [3.63, 3.8) is 0 Å². The van der Waals surface area contributed by atoms with E-state index < -0.39 is 0 Å². The smallest absolute Gasteiger partial charge is 0.208 e. The van der Waals surface area contributed by atoms with Gasteiger partial charge in [-0.25, -0.2) is 4.98 Å². The average molecular weight is 421 g/mol. The lowest BCUT2D eigenvalue weighted by molar-refractivity contribution is 0.0286. The molecule has 1 aromatic rings. The molecule has 31 heavy (non-hydrogen) atoms. The maximum absolute atomic E-state index is 5.18. The van der Waals surface area contributed by atoms with Crippen molar-refractivity contribution >= 4 is 17.5 Å². The van der Waals surface area contributed by atoms with Crippen LogP contribution < -0.4 is 5.32 Å². The van der Waals surface area contributed by atoms with Gasteiger partial charge in [0.15, 0.2) is 5.82 Å². The Morgan fingerprint density at radius 3 is 2.71 bits per heavy atom. The van der Waals surface area contributed by atoms with E-state index in [9.17, 15) is 0 Å². The van der Waals surface area contributed by atoms with Crippen molar-refractivity contribution in [3.8, 4) is 0 Å². The molecule has 5 aliphatic rings. The number of nitrogens with one attached hydrogen (secondary N) is 1. The fourth-order valence-electron chi connectivity index (χ4n) is 6.31. The Hall–Kier alpha value is -1.92. The second kappa shape index (κ2) is 7.59. The molecule has 2 unspecified atom stereocenters. The molecule has 0 amide bonds. The van der Waals surface area contributed by atoms with Crippen LogP contribution >= 0.6 is 0 Å². The number of rotatable bonds is 3. The van der Waals surface area contributed by atoms with E-state index in [0.29, 0.717) is 5.54 Å². The Labute approximate surface area is 186 Å². The third-order valence-corrected chi connectivity index (χ3v) is 8.14. The minimum absolute atomic E-state index is 0.345. The third-order valence-electron chi connectivity index (χ3n) is 8.14. The molecule has 2 saturated heterocycles. The number of hydrogen-bond acceptors (Lipinski definition) is 6. The van der Waals surface area contributed by atoms with Crippen LogP contribution in [0.3, 0.4) is 0 Å². The quantitative estimate of drug-likeness (QED) is 0.812. The van der Waals surface area contributed by atoms with E-state index in [1.165, 1.54) is 56.5 Å². The van der Waals surface area contributed by atoms with Crippen LogP contribution in [0.5, 0.6) is 0 Å². The first-order valence-electron chi connectivity index (χ1n) is 12.5. The van der Waals surface area contributed by atoms with Gasteiger partial charge in [0.2, 0.25) is 5.96 Å². The molecule has 4 heterocycles. The third kappa shape index (κ3) is 3.30. The number of aliphatic imine (C=N–C) groups is 1. The molecule has 6 rings (SSSR count). The number of fused-ring (bicyclic) bond motifs is 1. The SMILES string of the molecule is CCCN1C(N2CCN(C3CCNCC3)C3(CC3C)C2)=Nc2ncccc2C1=C1CC1. The fraction of sp³-hybridized carbons (Fsp3) is 0.680. The monoisotopic (exact) mass is 420 g/mol. The Morgan fingerprint density at radius 2 is 2.00 bits per heavy atom. The lowest BCUT2D eigenvalue weighted by atomic mass is 9.98. The van der Waals surface area contributed by atoms with Crippen LogP contribution in [0.1, 0.15) is 57.9 Å². The second-order valence-corrected chi connectivity index (χ2v) is 10.2. The second-order valence-electron chi connectivity index (χ2n) is 10.2. The first-order chi connectivity index (χ1) is 15.2. The number of allylic oxidation sites excluding steroid dienone is 1. The van der Waals surface area contributed by atoms with Crippen molar-refractivity contribution in [2.75, 3.05) is 39.3 Å². The van der Waals surface area contributed by atoms with Gasteiger partial charge in [0.25, 0.3) is 0 Å². The standard InChI is InChI=1S/C25H36N6/c1-3-13-30-22(19-6-7-19)21-5-4-10-27-23(21)28-24(30)29-14-15-31(20-8-11-26-12-9-20)25(17-29)16-18(25)2/h4-5,10,18,20,26H,3,6-9,11-17H2,1-2H3. The molecule has 0 bridgehead atoms. The first-order valence-corrected chi connectivity index (χ1v) is 12.5. The Balaban J connectivity index is 1.33. The zero-order valence-electron chi connectivity index (χ0n) is 19.1. The molecule has 3 aliphatic heterocycles. The molecule has 2 aliphatic carbocycles. The first kappa shape index (κ1) is 19.7. The zero-order chi connectivity index (χ0) is 21.0.